The first-order valence-electron chi connectivity index (χ1n) is 3.34. The van der Waals surface area contributed by atoms with Crippen molar-refractivity contribution in [1.82, 2.24) is 0 Å². The van der Waals surface area contributed by atoms with E-state index in [2.05, 4.69) is 4.74 Å². The molecular formula is C7H5F3O3S. The van der Waals surface area contributed by atoms with E-state index in [0.29, 0.717) is 12.1 Å². The molecule has 0 N–H and O–H groups in total. The maximum absolute atomic E-state index is 12.9. The summed E-state index contributed by atoms with van der Waals surface area (Å²) in [5.41, 5.74) is 0. The van der Waals surface area contributed by atoms with Gasteiger partial charge in [-0.1, -0.05) is 0 Å². The van der Waals surface area contributed by atoms with Crippen molar-refractivity contribution in [3.63, 3.8) is 0 Å². The van der Waals surface area contributed by atoms with Crippen LogP contribution in [0.15, 0.2) is 17.0 Å². The number of hydrogen-bond donors (Lipinski definition) is 0. The van der Waals surface area contributed by atoms with E-state index in [0.717, 1.165) is 7.11 Å². The van der Waals surface area contributed by atoms with Crippen LogP contribution in [0.4, 0.5) is 12.7 Å². The standard InChI is InChI=1S/C7H5F3O3S/c1-13-7-5(14(10,11)12)3-2-4(8)6(7)9/h2-3H,1H3. The van der Waals surface area contributed by atoms with Crippen LogP contribution < -0.4 is 4.74 Å². The lowest BCUT2D eigenvalue weighted by Gasteiger charge is -2.05. The van der Waals surface area contributed by atoms with Crippen molar-refractivity contribution >= 4 is 10.2 Å². The van der Waals surface area contributed by atoms with Crippen molar-refractivity contribution in [2.75, 3.05) is 7.11 Å². The molecule has 78 valence electrons. The molecule has 1 aromatic carbocycles. The summed E-state index contributed by atoms with van der Waals surface area (Å²) >= 11 is 0. The molecule has 0 unspecified atom stereocenters. The molecule has 0 amide bonds. The molecule has 0 atom stereocenters. The van der Waals surface area contributed by atoms with E-state index >= 15 is 0 Å². The van der Waals surface area contributed by atoms with Crippen LogP contribution in [0.2, 0.25) is 0 Å². The molecule has 1 rings (SSSR count). The van der Waals surface area contributed by atoms with E-state index in [9.17, 15) is 21.1 Å². The number of benzene rings is 1. The van der Waals surface area contributed by atoms with E-state index < -0.39 is 32.5 Å². The molecule has 0 spiro atoms. The van der Waals surface area contributed by atoms with Crippen LogP contribution in [-0.4, -0.2) is 15.5 Å². The second-order valence-electron chi connectivity index (χ2n) is 2.33. The Hall–Kier alpha value is -1.24. The largest absolute Gasteiger partial charge is 0.492 e. The Morgan fingerprint density at radius 2 is 1.86 bits per heavy atom. The summed E-state index contributed by atoms with van der Waals surface area (Å²) in [6, 6.07) is 1.09. The van der Waals surface area contributed by atoms with Gasteiger partial charge in [0.15, 0.2) is 11.6 Å². The summed E-state index contributed by atoms with van der Waals surface area (Å²) in [6.07, 6.45) is 0. The third-order valence-electron chi connectivity index (χ3n) is 1.48. The minimum atomic E-state index is -5.12. The van der Waals surface area contributed by atoms with Gasteiger partial charge in [-0.2, -0.15) is 12.8 Å². The molecular weight excluding hydrogens is 221 g/mol. The fourth-order valence-corrected chi connectivity index (χ4v) is 1.52. The Labute approximate surface area is 78.3 Å². The summed E-state index contributed by atoms with van der Waals surface area (Å²) in [6.45, 7) is 0. The number of methoxy groups -OCH3 is 1. The van der Waals surface area contributed by atoms with Crippen molar-refractivity contribution in [2.24, 2.45) is 0 Å². The number of hydrogen-bond acceptors (Lipinski definition) is 3. The Morgan fingerprint density at radius 3 is 2.29 bits per heavy atom. The van der Waals surface area contributed by atoms with Gasteiger partial charge in [-0.05, 0) is 12.1 Å². The number of ether oxygens (including phenoxy) is 1. The Balaban J connectivity index is 3.55. The second kappa shape index (κ2) is 3.49. The van der Waals surface area contributed by atoms with Crippen LogP contribution in [0, 0.1) is 11.6 Å². The lowest BCUT2D eigenvalue weighted by Crippen LogP contribution is -2.01. The molecule has 0 aliphatic carbocycles. The third kappa shape index (κ3) is 1.82. The molecule has 3 nitrogen and oxygen atoms in total. The molecule has 0 saturated heterocycles. The monoisotopic (exact) mass is 226 g/mol. The van der Waals surface area contributed by atoms with Gasteiger partial charge in [-0.15, -0.1) is 3.89 Å². The van der Waals surface area contributed by atoms with E-state index in [4.69, 9.17) is 0 Å². The van der Waals surface area contributed by atoms with Gasteiger partial charge in [-0.3, -0.25) is 0 Å². The van der Waals surface area contributed by atoms with Gasteiger partial charge in [-0.25, -0.2) is 4.39 Å². The summed E-state index contributed by atoms with van der Waals surface area (Å²) in [5, 5.41) is 0. The lowest BCUT2D eigenvalue weighted by molar-refractivity contribution is 0.359. The van der Waals surface area contributed by atoms with E-state index in [1.807, 2.05) is 0 Å². The molecule has 14 heavy (non-hydrogen) atoms. The zero-order valence-corrected chi connectivity index (χ0v) is 7.74. The molecule has 0 aliphatic heterocycles. The highest BCUT2D eigenvalue weighted by Crippen LogP contribution is 2.29. The molecule has 0 aliphatic rings. The summed E-state index contributed by atoms with van der Waals surface area (Å²) in [5.74, 6) is -3.81. The fraction of sp³-hybridized carbons (Fsp3) is 0.143. The predicted octanol–water partition coefficient (Wildman–Crippen LogP) is 1.63. The van der Waals surface area contributed by atoms with Crippen LogP contribution in [-0.2, 0) is 10.2 Å². The van der Waals surface area contributed by atoms with Gasteiger partial charge < -0.3 is 4.74 Å². The average Bonchev–Trinajstić information content (AvgIpc) is 2.07. The van der Waals surface area contributed by atoms with Crippen LogP contribution in [0.1, 0.15) is 0 Å². The van der Waals surface area contributed by atoms with Gasteiger partial charge in [0, 0.05) is 0 Å². The van der Waals surface area contributed by atoms with Gasteiger partial charge in [0.05, 0.1) is 7.11 Å². The smallest absolute Gasteiger partial charge is 0.335 e. The van der Waals surface area contributed by atoms with Crippen molar-refractivity contribution in [2.45, 2.75) is 4.90 Å². The zero-order chi connectivity index (χ0) is 10.9. The minimum Gasteiger partial charge on any atom is -0.492 e. The van der Waals surface area contributed by atoms with Crippen LogP contribution in [0.5, 0.6) is 5.75 Å². The van der Waals surface area contributed by atoms with Gasteiger partial charge >= 0.3 is 10.2 Å². The SMILES string of the molecule is COc1c(S(=O)(=O)F)ccc(F)c1F. The predicted molar refractivity (Wildman–Crippen MR) is 41.2 cm³/mol. The topological polar surface area (TPSA) is 43.4 Å². The highest BCUT2D eigenvalue weighted by molar-refractivity contribution is 7.86. The maximum Gasteiger partial charge on any atom is 0.335 e. The fourth-order valence-electron chi connectivity index (χ4n) is 0.897. The molecule has 0 heterocycles. The van der Waals surface area contributed by atoms with Gasteiger partial charge in [0.25, 0.3) is 0 Å². The Morgan fingerprint density at radius 1 is 1.29 bits per heavy atom. The quantitative estimate of drug-likeness (QED) is 0.720. The number of halogens is 3. The summed E-state index contributed by atoms with van der Waals surface area (Å²) in [4.78, 5) is -1.03. The maximum atomic E-state index is 12.9. The van der Waals surface area contributed by atoms with Gasteiger partial charge in [0.2, 0.25) is 5.82 Å². The second-order valence-corrected chi connectivity index (χ2v) is 3.65. The highest BCUT2D eigenvalue weighted by Gasteiger charge is 2.23. The first kappa shape index (κ1) is 10.8. The molecule has 1 aromatic rings. The zero-order valence-electron chi connectivity index (χ0n) is 6.92. The third-order valence-corrected chi connectivity index (χ3v) is 2.33. The molecule has 0 aromatic heterocycles. The van der Waals surface area contributed by atoms with Crippen molar-refractivity contribution in [3.8, 4) is 5.75 Å². The molecule has 0 radical (unpaired) electrons. The first-order chi connectivity index (χ1) is 6.38. The first-order valence-corrected chi connectivity index (χ1v) is 4.73. The lowest BCUT2D eigenvalue weighted by atomic mass is 10.3. The van der Waals surface area contributed by atoms with Crippen LogP contribution in [0.3, 0.4) is 0 Å². The number of rotatable bonds is 2. The average molecular weight is 226 g/mol. The molecule has 0 bridgehead atoms. The molecule has 7 heteroatoms. The van der Waals surface area contributed by atoms with E-state index in [-0.39, 0.29) is 0 Å². The highest BCUT2D eigenvalue weighted by atomic mass is 32.3. The summed E-state index contributed by atoms with van der Waals surface area (Å²) in [7, 11) is -4.21. The van der Waals surface area contributed by atoms with E-state index in [1.165, 1.54) is 0 Å². The van der Waals surface area contributed by atoms with Crippen LogP contribution in [0.25, 0.3) is 0 Å². The Bertz CT molecular complexity index is 455. The van der Waals surface area contributed by atoms with Crippen LogP contribution >= 0.6 is 0 Å². The van der Waals surface area contributed by atoms with Crippen molar-refractivity contribution in [1.29, 1.82) is 0 Å². The van der Waals surface area contributed by atoms with Crippen molar-refractivity contribution in [3.05, 3.63) is 23.8 Å². The molecule has 0 saturated carbocycles. The Kier molecular flexibility index (Phi) is 2.70. The van der Waals surface area contributed by atoms with Crippen molar-refractivity contribution < 1.29 is 25.8 Å². The van der Waals surface area contributed by atoms with E-state index in [1.54, 1.807) is 0 Å². The van der Waals surface area contributed by atoms with Gasteiger partial charge in [0.1, 0.15) is 4.90 Å². The molecule has 0 fully saturated rings. The minimum absolute atomic E-state index is 0.504. The summed E-state index contributed by atoms with van der Waals surface area (Å²) < 4.78 is 63.0. The normalized spacial score (nSPS) is 11.4.